The summed E-state index contributed by atoms with van der Waals surface area (Å²) in [5, 5.41) is 18.9. The SMILES string of the molecule is O=C(O)C1CCN2c3c(O)cccc3CC2C1. The van der Waals surface area contributed by atoms with Crippen molar-refractivity contribution in [1.29, 1.82) is 0 Å². The monoisotopic (exact) mass is 233 g/mol. The van der Waals surface area contributed by atoms with Crippen LogP contribution < -0.4 is 4.90 Å². The lowest BCUT2D eigenvalue weighted by Gasteiger charge is -2.35. The van der Waals surface area contributed by atoms with Crippen LogP contribution in [0.5, 0.6) is 5.75 Å². The molecule has 90 valence electrons. The van der Waals surface area contributed by atoms with Crippen LogP contribution in [-0.2, 0) is 11.2 Å². The molecule has 1 fully saturated rings. The van der Waals surface area contributed by atoms with Crippen LogP contribution in [0.4, 0.5) is 5.69 Å². The second-order valence-corrected chi connectivity index (χ2v) is 4.90. The zero-order valence-corrected chi connectivity index (χ0v) is 9.47. The van der Waals surface area contributed by atoms with Crippen molar-refractivity contribution in [2.75, 3.05) is 11.4 Å². The first-order valence-electron chi connectivity index (χ1n) is 5.97. The van der Waals surface area contributed by atoms with E-state index in [2.05, 4.69) is 4.90 Å². The lowest BCUT2D eigenvalue weighted by molar-refractivity contribution is -0.142. The highest BCUT2D eigenvalue weighted by Crippen LogP contribution is 2.43. The van der Waals surface area contributed by atoms with E-state index < -0.39 is 5.97 Å². The number of aliphatic carboxylic acids is 1. The van der Waals surface area contributed by atoms with Crippen molar-refractivity contribution in [3.63, 3.8) is 0 Å². The third-order valence-electron chi connectivity index (χ3n) is 3.91. The van der Waals surface area contributed by atoms with Crippen LogP contribution in [0.15, 0.2) is 18.2 Å². The molecule has 0 saturated carbocycles. The maximum absolute atomic E-state index is 11.0. The van der Waals surface area contributed by atoms with Gasteiger partial charge in [-0.3, -0.25) is 4.79 Å². The normalized spacial score (nSPS) is 26.5. The van der Waals surface area contributed by atoms with E-state index in [9.17, 15) is 9.90 Å². The predicted octanol–water partition coefficient (Wildman–Crippen LogP) is 1.62. The molecular weight excluding hydrogens is 218 g/mol. The third-order valence-corrected chi connectivity index (χ3v) is 3.91. The van der Waals surface area contributed by atoms with Crippen molar-refractivity contribution < 1.29 is 15.0 Å². The molecule has 2 unspecified atom stereocenters. The number of anilines is 1. The quantitative estimate of drug-likeness (QED) is 0.773. The Kier molecular flexibility index (Phi) is 2.24. The van der Waals surface area contributed by atoms with Crippen molar-refractivity contribution in [3.05, 3.63) is 23.8 Å². The summed E-state index contributed by atoms with van der Waals surface area (Å²) in [7, 11) is 0. The molecular formula is C13H15NO3. The molecule has 2 aliphatic rings. The summed E-state index contributed by atoms with van der Waals surface area (Å²) in [4.78, 5) is 13.2. The molecule has 1 aromatic rings. The number of hydrogen-bond acceptors (Lipinski definition) is 3. The van der Waals surface area contributed by atoms with Gasteiger partial charge in [-0.15, -0.1) is 0 Å². The first-order valence-corrected chi connectivity index (χ1v) is 5.97. The Balaban J connectivity index is 1.90. The molecule has 0 aromatic heterocycles. The van der Waals surface area contributed by atoms with E-state index in [-0.39, 0.29) is 12.0 Å². The number of carboxylic acids is 1. The summed E-state index contributed by atoms with van der Waals surface area (Å²) < 4.78 is 0. The minimum Gasteiger partial charge on any atom is -0.506 e. The fourth-order valence-corrected chi connectivity index (χ4v) is 3.09. The molecule has 0 radical (unpaired) electrons. The van der Waals surface area contributed by atoms with Crippen molar-refractivity contribution in [3.8, 4) is 5.75 Å². The Morgan fingerprint density at radius 2 is 2.24 bits per heavy atom. The van der Waals surface area contributed by atoms with Crippen molar-refractivity contribution in [2.45, 2.75) is 25.3 Å². The topological polar surface area (TPSA) is 60.8 Å². The van der Waals surface area contributed by atoms with Crippen molar-refractivity contribution >= 4 is 11.7 Å². The van der Waals surface area contributed by atoms with E-state index in [1.54, 1.807) is 6.07 Å². The van der Waals surface area contributed by atoms with Crippen LogP contribution in [0.1, 0.15) is 18.4 Å². The standard InChI is InChI=1S/C13H15NO3/c15-11-3-1-2-8-6-10-7-9(13(16)17)4-5-14(10)12(8)11/h1-3,9-10,15H,4-7H2,(H,16,17). The number of carboxylic acid groups (broad SMARTS) is 1. The second kappa shape index (κ2) is 3.65. The van der Waals surface area contributed by atoms with Gasteiger partial charge in [-0.25, -0.2) is 0 Å². The summed E-state index contributed by atoms with van der Waals surface area (Å²) >= 11 is 0. The smallest absolute Gasteiger partial charge is 0.306 e. The molecule has 0 spiro atoms. The zero-order valence-electron chi connectivity index (χ0n) is 9.47. The van der Waals surface area contributed by atoms with Crippen molar-refractivity contribution in [2.24, 2.45) is 5.92 Å². The Morgan fingerprint density at radius 1 is 1.41 bits per heavy atom. The summed E-state index contributed by atoms with van der Waals surface area (Å²) in [5.41, 5.74) is 2.06. The average Bonchev–Trinajstić information content (AvgIpc) is 2.67. The molecule has 2 aliphatic heterocycles. The van der Waals surface area contributed by atoms with E-state index in [4.69, 9.17) is 5.11 Å². The molecule has 0 bridgehead atoms. The number of fused-ring (bicyclic) bond motifs is 3. The van der Waals surface area contributed by atoms with Crippen LogP contribution in [0.3, 0.4) is 0 Å². The molecule has 0 amide bonds. The van der Waals surface area contributed by atoms with Gasteiger partial charge < -0.3 is 15.1 Å². The van der Waals surface area contributed by atoms with Crippen molar-refractivity contribution in [1.82, 2.24) is 0 Å². The maximum Gasteiger partial charge on any atom is 0.306 e. The number of rotatable bonds is 1. The number of nitrogens with zero attached hydrogens (tertiary/aromatic N) is 1. The molecule has 1 saturated heterocycles. The van der Waals surface area contributed by atoms with Crippen LogP contribution in [0.25, 0.3) is 0 Å². The molecule has 1 aromatic carbocycles. The minimum atomic E-state index is -0.690. The number of phenolic OH excluding ortho intramolecular Hbond substituents is 1. The summed E-state index contributed by atoms with van der Waals surface area (Å²) in [6.45, 7) is 0.728. The highest BCUT2D eigenvalue weighted by molar-refractivity contribution is 5.73. The van der Waals surface area contributed by atoms with E-state index in [1.807, 2.05) is 12.1 Å². The molecule has 17 heavy (non-hydrogen) atoms. The summed E-state index contributed by atoms with van der Waals surface area (Å²) in [6, 6.07) is 5.81. The molecule has 0 aliphatic carbocycles. The first-order chi connectivity index (χ1) is 8.16. The first kappa shape index (κ1) is 10.4. The van der Waals surface area contributed by atoms with E-state index in [1.165, 1.54) is 0 Å². The zero-order chi connectivity index (χ0) is 12.0. The van der Waals surface area contributed by atoms with Gasteiger partial charge in [0.25, 0.3) is 0 Å². The third kappa shape index (κ3) is 1.55. The van der Waals surface area contributed by atoms with Gasteiger partial charge in [0, 0.05) is 12.6 Å². The van der Waals surface area contributed by atoms with Gasteiger partial charge in [-0.2, -0.15) is 0 Å². The van der Waals surface area contributed by atoms with E-state index in [0.29, 0.717) is 18.6 Å². The number of benzene rings is 1. The largest absolute Gasteiger partial charge is 0.506 e. The molecule has 4 heteroatoms. The summed E-state index contributed by atoms with van der Waals surface area (Å²) in [5.74, 6) is -0.601. The van der Waals surface area contributed by atoms with Crippen LogP contribution in [-0.4, -0.2) is 28.8 Å². The lowest BCUT2D eigenvalue weighted by Crippen LogP contribution is -2.42. The van der Waals surface area contributed by atoms with Gasteiger partial charge in [0.2, 0.25) is 0 Å². The minimum absolute atomic E-state index is 0.229. The average molecular weight is 233 g/mol. The molecule has 2 N–H and O–H groups in total. The molecule has 2 atom stereocenters. The highest BCUT2D eigenvalue weighted by atomic mass is 16.4. The second-order valence-electron chi connectivity index (χ2n) is 4.90. The van der Waals surface area contributed by atoms with Gasteiger partial charge in [-0.1, -0.05) is 12.1 Å². The number of hydrogen-bond donors (Lipinski definition) is 2. The fraction of sp³-hybridized carbons (Fsp3) is 0.462. The lowest BCUT2D eigenvalue weighted by atomic mass is 9.91. The maximum atomic E-state index is 11.0. The number of para-hydroxylation sites is 1. The van der Waals surface area contributed by atoms with Gasteiger partial charge >= 0.3 is 5.97 Å². The van der Waals surface area contributed by atoms with Crippen LogP contribution in [0, 0.1) is 5.92 Å². The van der Waals surface area contributed by atoms with E-state index >= 15 is 0 Å². The number of piperidine rings is 1. The Bertz CT molecular complexity index is 472. The Hall–Kier alpha value is -1.71. The predicted molar refractivity (Wildman–Crippen MR) is 63.3 cm³/mol. The molecule has 3 rings (SSSR count). The van der Waals surface area contributed by atoms with Gasteiger partial charge in [0.1, 0.15) is 5.75 Å². The fourth-order valence-electron chi connectivity index (χ4n) is 3.09. The number of phenols is 1. The van der Waals surface area contributed by atoms with Gasteiger partial charge in [0.15, 0.2) is 0 Å². The van der Waals surface area contributed by atoms with Gasteiger partial charge in [-0.05, 0) is 30.9 Å². The molecule has 2 heterocycles. The number of aromatic hydroxyl groups is 1. The van der Waals surface area contributed by atoms with Gasteiger partial charge in [0.05, 0.1) is 11.6 Å². The summed E-state index contributed by atoms with van der Waals surface area (Å²) in [6.07, 6.45) is 2.20. The number of carbonyl (C=O) groups is 1. The Labute approximate surface area is 99.5 Å². The highest BCUT2D eigenvalue weighted by Gasteiger charge is 2.38. The van der Waals surface area contributed by atoms with Crippen LogP contribution >= 0.6 is 0 Å². The molecule has 4 nitrogen and oxygen atoms in total. The van der Waals surface area contributed by atoms with E-state index in [0.717, 1.165) is 24.2 Å². The van der Waals surface area contributed by atoms with Crippen LogP contribution in [0.2, 0.25) is 0 Å². The Morgan fingerprint density at radius 3 is 3.00 bits per heavy atom.